The van der Waals surface area contributed by atoms with E-state index in [1.165, 1.54) is 57.7 Å². The van der Waals surface area contributed by atoms with E-state index in [2.05, 4.69) is 29.5 Å². The van der Waals surface area contributed by atoms with Crippen LogP contribution in [0.15, 0.2) is 249 Å². The van der Waals surface area contributed by atoms with Gasteiger partial charge in [-0.15, -0.1) is 0 Å². The molecule has 11 rings (SSSR count). The number of methoxy groups -OCH3 is 3. The molecule has 9 aromatic carbocycles. The predicted octanol–water partition coefficient (Wildman–Crippen LogP) is 13.5. The van der Waals surface area contributed by atoms with Gasteiger partial charge >= 0.3 is 6.18 Å². The number of halogens is 3. The van der Waals surface area contributed by atoms with E-state index in [9.17, 15) is 27.9 Å². The fraction of sp³-hybridized carbons (Fsp3) is 0.0938. The molecule has 0 aliphatic rings. The number of rotatable bonds is 13. The fourth-order valence-corrected chi connectivity index (χ4v) is 8.45. The summed E-state index contributed by atoms with van der Waals surface area (Å²) in [7, 11) is 4.53. The smallest absolute Gasteiger partial charge is 0.397 e. The van der Waals surface area contributed by atoms with Gasteiger partial charge in [-0.3, -0.25) is 18.7 Å². The second-order valence-corrected chi connectivity index (χ2v) is 17.6. The number of benzene rings is 9. The summed E-state index contributed by atoms with van der Waals surface area (Å²) in [6.45, 7) is -0.514. The van der Waals surface area contributed by atoms with E-state index in [1.54, 1.807) is 53.6 Å². The summed E-state index contributed by atoms with van der Waals surface area (Å²) < 4.78 is 59.2. The Kier molecular flexibility index (Phi) is 18.4. The van der Waals surface area contributed by atoms with Crippen LogP contribution in [0.25, 0.3) is 33.4 Å². The van der Waals surface area contributed by atoms with Crippen LogP contribution >= 0.6 is 0 Å². The van der Waals surface area contributed by atoms with Crippen LogP contribution in [-0.4, -0.2) is 69.8 Å². The third-order valence-electron chi connectivity index (χ3n) is 12.5. The highest BCUT2D eigenvalue weighted by Gasteiger charge is 2.56. The lowest BCUT2D eigenvalue weighted by molar-refractivity contribution is -0.252. The van der Waals surface area contributed by atoms with Crippen molar-refractivity contribution in [2.75, 3.05) is 32.4 Å². The lowest BCUT2D eigenvalue weighted by Crippen LogP contribution is -2.43. The van der Waals surface area contributed by atoms with Crippen molar-refractivity contribution in [1.29, 1.82) is 0 Å². The summed E-state index contributed by atoms with van der Waals surface area (Å²) >= 11 is 0. The molecule has 1 atom stereocenters. The Balaban J connectivity index is 0.000000148. The Bertz CT molecular complexity index is 3710. The van der Waals surface area contributed by atoms with Gasteiger partial charge in [-0.05, 0) is 96.1 Å². The molecule has 0 amide bonds. The maximum atomic E-state index is 13.9. The largest absolute Gasteiger partial charge is 0.425 e. The van der Waals surface area contributed by atoms with Crippen LogP contribution in [0.3, 0.4) is 0 Å². The number of ether oxygens (including phenoxy) is 3. The molecule has 2 heterocycles. The van der Waals surface area contributed by atoms with Gasteiger partial charge in [-0.2, -0.15) is 13.2 Å². The number of ketones is 2. The molecule has 398 valence electrons. The number of aromatic nitrogens is 4. The Labute approximate surface area is 454 Å². The van der Waals surface area contributed by atoms with Gasteiger partial charge in [-0.25, -0.2) is 9.97 Å². The maximum absolute atomic E-state index is 13.9. The summed E-state index contributed by atoms with van der Waals surface area (Å²) in [4.78, 5) is 33.6. The van der Waals surface area contributed by atoms with Gasteiger partial charge in [0.25, 0.3) is 6.48 Å². The van der Waals surface area contributed by atoms with Gasteiger partial charge in [0, 0.05) is 60.6 Å². The molecule has 1 unspecified atom stereocenters. The van der Waals surface area contributed by atoms with E-state index in [-0.39, 0.29) is 22.7 Å². The molecule has 0 saturated carbocycles. The summed E-state index contributed by atoms with van der Waals surface area (Å²) in [5.41, 5.74) is 12.1. The molecule has 0 bridgehead atoms. The first-order valence-corrected chi connectivity index (χ1v) is 24.7. The number of imidazole rings is 2. The molecule has 0 aliphatic carbocycles. The third kappa shape index (κ3) is 13.4. The lowest BCUT2D eigenvalue weighted by Gasteiger charge is -2.31. The number of nitrogens with two attached hydrogens (primary N) is 1. The number of nitrogens with zero attached hydrogens (tertiary/aromatic N) is 4. The fourth-order valence-electron chi connectivity index (χ4n) is 8.45. The topological polar surface area (TPSA) is 156 Å². The average molecular weight is 1060 g/mol. The van der Waals surface area contributed by atoms with E-state index in [0.717, 1.165) is 33.8 Å². The van der Waals surface area contributed by atoms with Crippen LogP contribution in [0.2, 0.25) is 0 Å². The van der Waals surface area contributed by atoms with Crippen molar-refractivity contribution in [2.45, 2.75) is 18.3 Å². The minimum Gasteiger partial charge on any atom is -0.397 e. The number of aliphatic hydroxyl groups is 1. The molecule has 0 fully saturated rings. The first-order valence-electron chi connectivity index (χ1n) is 24.7. The quantitative estimate of drug-likeness (QED) is 0.0577. The molecular formula is C64H55F3N6O6. The van der Waals surface area contributed by atoms with Gasteiger partial charge in [0.05, 0.1) is 33.4 Å². The van der Waals surface area contributed by atoms with Crippen molar-refractivity contribution in [3.63, 3.8) is 0 Å². The second-order valence-electron chi connectivity index (χ2n) is 17.6. The highest BCUT2D eigenvalue weighted by Crippen LogP contribution is 2.45. The average Bonchev–Trinajstić information content (AvgIpc) is 4.21. The number of carbonyl (C=O) groups is 2. The second kappa shape index (κ2) is 26.0. The zero-order valence-corrected chi connectivity index (χ0v) is 43.2. The van der Waals surface area contributed by atoms with Crippen molar-refractivity contribution >= 4 is 50.7 Å². The monoisotopic (exact) mass is 1060 g/mol. The predicted molar refractivity (Wildman–Crippen MR) is 303 cm³/mol. The van der Waals surface area contributed by atoms with E-state index < -0.39 is 18.3 Å². The molecule has 15 heteroatoms. The van der Waals surface area contributed by atoms with Crippen LogP contribution in [0.1, 0.15) is 43.0 Å². The zero-order valence-electron chi connectivity index (χ0n) is 43.2. The molecular weight excluding hydrogens is 1010 g/mol. The number of alkyl halides is 3. The van der Waals surface area contributed by atoms with E-state index >= 15 is 0 Å². The minimum atomic E-state index is -4.88. The van der Waals surface area contributed by atoms with Crippen LogP contribution < -0.4 is 11.1 Å². The molecule has 0 saturated heterocycles. The number of anilines is 3. The van der Waals surface area contributed by atoms with E-state index in [4.69, 9.17) is 5.73 Å². The molecule has 11 aromatic rings. The molecule has 2 aromatic heterocycles. The number of nitrogens with one attached hydrogen (secondary N) is 1. The molecule has 0 radical (unpaired) electrons. The van der Waals surface area contributed by atoms with Crippen molar-refractivity contribution in [3.05, 3.63) is 283 Å². The zero-order chi connectivity index (χ0) is 55.8. The summed E-state index contributed by atoms with van der Waals surface area (Å²) in [5.74, 6) is -0.0136. The molecule has 0 spiro atoms. The van der Waals surface area contributed by atoms with Crippen molar-refractivity contribution < 1.29 is 42.1 Å². The summed E-state index contributed by atoms with van der Waals surface area (Å²) in [6, 6.07) is 69.9. The van der Waals surface area contributed by atoms with E-state index in [0.29, 0.717) is 39.0 Å². The number of carbonyl (C=O) groups excluding carboxylic acids is 2. The summed E-state index contributed by atoms with van der Waals surface area (Å²) in [6.07, 6.45) is -1.54. The van der Waals surface area contributed by atoms with Crippen LogP contribution in [0, 0.1) is 0 Å². The Morgan fingerprint density at radius 1 is 0.494 bits per heavy atom. The molecule has 0 aliphatic heterocycles. The highest BCUT2D eigenvalue weighted by molar-refractivity contribution is 6.11. The number of para-hydroxylation sites is 3. The minimum absolute atomic E-state index is 0.0155. The normalized spacial score (nSPS) is 11.7. The number of hydrogen-bond acceptors (Lipinski definition) is 10. The number of nitrogen functional groups attached to an aromatic ring is 1. The van der Waals surface area contributed by atoms with E-state index in [1.807, 2.05) is 168 Å². The Hall–Kier alpha value is -9.51. The Morgan fingerprint density at radius 2 is 0.899 bits per heavy atom. The lowest BCUT2D eigenvalue weighted by atomic mass is 9.85. The van der Waals surface area contributed by atoms with Crippen molar-refractivity contribution in [1.82, 2.24) is 19.1 Å². The van der Waals surface area contributed by atoms with Crippen LogP contribution in [-0.2, 0) is 19.8 Å². The third-order valence-corrected chi connectivity index (χ3v) is 12.5. The number of fused-ring (bicyclic) bond motifs is 2. The number of hydrogen-bond donors (Lipinski definition) is 3. The standard InChI is InChI=1S/C21H15F3N2O.C20H14N2O.C19H16N2O.C4H10O3/c22-21(23,24)20(27,15-7-3-1-4-8-15)16-11-12-19-18(13-16)25-14-26(19)17-9-5-2-6-10-17;23-20(15-7-3-1-4-8-15)16-11-12-19-18(13-16)21-14-22(19)17-9-5-2-6-10-17;20-17-13-15(19(22)14-7-3-1-4-8-14)11-12-18(17)21-16-9-5-2-6-10-16;1-5-4(6-2)7-3/h1-14,27H;1-14H;1-13,21H,20H2;4H,1-3H3. The van der Waals surface area contributed by atoms with Crippen molar-refractivity contribution in [3.8, 4) is 11.4 Å². The van der Waals surface area contributed by atoms with Crippen molar-refractivity contribution in [2.24, 2.45) is 0 Å². The first kappa shape index (κ1) is 55.7. The van der Waals surface area contributed by atoms with Gasteiger partial charge in [0.15, 0.2) is 11.6 Å². The van der Waals surface area contributed by atoms with Crippen LogP contribution in [0.4, 0.5) is 30.2 Å². The maximum Gasteiger partial charge on any atom is 0.425 e. The summed E-state index contributed by atoms with van der Waals surface area (Å²) in [5, 5.41) is 14.0. The highest BCUT2D eigenvalue weighted by atomic mass is 19.4. The van der Waals surface area contributed by atoms with Gasteiger partial charge in [0.2, 0.25) is 5.60 Å². The van der Waals surface area contributed by atoms with Gasteiger partial charge in [-0.1, -0.05) is 152 Å². The molecule has 4 N–H and O–H groups in total. The molecule has 12 nitrogen and oxygen atoms in total. The van der Waals surface area contributed by atoms with Gasteiger partial charge in [0.1, 0.15) is 12.7 Å². The van der Waals surface area contributed by atoms with Gasteiger partial charge < -0.3 is 30.4 Å². The first-order chi connectivity index (χ1) is 38.3. The Morgan fingerprint density at radius 3 is 1.34 bits per heavy atom. The van der Waals surface area contributed by atoms with Crippen LogP contribution in [0.5, 0.6) is 0 Å². The SMILES string of the molecule is COC(OC)OC.Nc1cc(C(=O)c2ccccc2)ccc1Nc1ccccc1.O=C(c1ccccc1)c1ccc2c(c1)ncn2-c1ccccc1.OC(c1ccccc1)(c1ccc2c(c1)ncn2-c1ccccc1)C(F)(F)F. The molecule has 79 heavy (non-hydrogen) atoms.